The van der Waals surface area contributed by atoms with Gasteiger partial charge in [-0.25, -0.2) is 9.18 Å². The van der Waals surface area contributed by atoms with Crippen LogP contribution in [0.1, 0.15) is 24.5 Å². The predicted octanol–water partition coefficient (Wildman–Crippen LogP) is 5.00. The molecule has 0 spiro atoms. The van der Waals surface area contributed by atoms with Gasteiger partial charge in [-0.3, -0.25) is 4.57 Å². The SMILES string of the molecule is C[C@@H]1CCn2c(cc(OCc3ccc(Oc4cccc(C(F)(F)F)c4)c(F)c3)nc2=O)N1C. The average Bonchev–Trinajstić information content (AvgIpc) is 2.76. The minimum Gasteiger partial charge on any atom is -0.473 e. The third kappa shape index (κ3) is 4.94. The topological polar surface area (TPSA) is 56.6 Å². The van der Waals surface area contributed by atoms with Gasteiger partial charge in [0.2, 0.25) is 5.88 Å². The van der Waals surface area contributed by atoms with E-state index in [0.29, 0.717) is 17.9 Å². The van der Waals surface area contributed by atoms with Gasteiger partial charge in [-0.05, 0) is 49.2 Å². The van der Waals surface area contributed by atoms with E-state index >= 15 is 0 Å². The first kappa shape index (κ1) is 22.6. The molecule has 0 amide bonds. The van der Waals surface area contributed by atoms with E-state index in [-0.39, 0.29) is 30.0 Å². The summed E-state index contributed by atoms with van der Waals surface area (Å²) in [6.07, 6.45) is -3.70. The summed E-state index contributed by atoms with van der Waals surface area (Å²) < 4.78 is 65.5. The molecule has 1 atom stereocenters. The number of benzene rings is 2. The summed E-state index contributed by atoms with van der Waals surface area (Å²) in [5, 5.41) is 0. The van der Waals surface area contributed by atoms with Crippen molar-refractivity contribution in [3.63, 3.8) is 0 Å². The lowest BCUT2D eigenvalue weighted by molar-refractivity contribution is -0.137. The number of rotatable bonds is 5. The molecule has 10 heteroatoms. The van der Waals surface area contributed by atoms with Crippen molar-refractivity contribution < 1.29 is 27.0 Å². The van der Waals surface area contributed by atoms with E-state index in [9.17, 15) is 22.4 Å². The molecule has 0 radical (unpaired) electrons. The summed E-state index contributed by atoms with van der Waals surface area (Å²) in [6, 6.07) is 10.1. The molecule has 33 heavy (non-hydrogen) atoms. The minimum atomic E-state index is -4.53. The molecule has 0 saturated heterocycles. The van der Waals surface area contributed by atoms with Crippen molar-refractivity contribution in [3.8, 4) is 17.4 Å². The lowest BCUT2D eigenvalue weighted by Crippen LogP contribution is -2.41. The number of aromatic nitrogens is 2. The summed E-state index contributed by atoms with van der Waals surface area (Å²) in [5.74, 6) is -0.305. The van der Waals surface area contributed by atoms with Gasteiger partial charge in [-0.1, -0.05) is 12.1 Å². The van der Waals surface area contributed by atoms with Crippen LogP contribution in [0.2, 0.25) is 0 Å². The molecule has 1 aliphatic rings. The third-order valence-corrected chi connectivity index (χ3v) is 5.53. The molecule has 3 aromatic rings. The van der Waals surface area contributed by atoms with Crippen LogP contribution in [0.5, 0.6) is 17.4 Å². The van der Waals surface area contributed by atoms with Gasteiger partial charge in [0.05, 0.1) is 5.56 Å². The van der Waals surface area contributed by atoms with Crippen LogP contribution in [0.3, 0.4) is 0 Å². The van der Waals surface area contributed by atoms with Crippen LogP contribution >= 0.6 is 0 Å². The highest BCUT2D eigenvalue weighted by Gasteiger charge is 2.30. The Hall–Kier alpha value is -3.56. The van der Waals surface area contributed by atoms with Crippen LogP contribution in [0.4, 0.5) is 23.4 Å². The summed E-state index contributed by atoms with van der Waals surface area (Å²) in [6.45, 7) is 2.57. The Morgan fingerprint density at radius 3 is 2.67 bits per heavy atom. The van der Waals surface area contributed by atoms with Gasteiger partial charge in [0, 0.05) is 25.7 Å². The Labute approximate surface area is 187 Å². The van der Waals surface area contributed by atoms with E-state index in [1.165, 1.54) is 24.3 Å². The number of halogens is 4. The number of nitrogens with zero attached hydrogens (tertiary/aromatic N) is 3. The monoisotopic (exact) mass is 463 g/mol. The summed E-state index contributed by atoms with van der Waals surface area (Å²) in [7, 11) is 1.89. The van der Waals surface area contributed by atoms with Crippen LogP contribution in [-0.4, -0.2) is 22.6 Å². The molecule has 174 valence electrons. The van der Waals surface area contributed by atoms with Gasteiger partial charge >= 0.3 is 11.9 Å². The van der Waals surface area contributed by atoms with E-state index in [4.69, 9.17) is 9.47 Å². The number of hydrogen-bond donors (Lipinski definition) is 0. The molecule has 2 heterocycles. The van der Waals surface area contributed by atoms with Crippen molar-refractivity contribution in [1.82, 2.24) is 9.55 Å². The fourth-order valence-electron chi connectivity index (χ4n) is 3.52. The van der Waals surface area contributed by atoms with Crippen molar-refractivity contribution in [2.75, 3.05) is 11.9 Å². The second kappa shape index (κ2) is 8.76. The third-order valence-electron chi connectivity index (χ3n) is 5.53. The van der Waals surface area contributed by atoms with Crippen LogP contribution in [0.25, 0.3) is 0 Å². The zero-order valence-electron chi connectivity index (χ0n) is 17.9. The van der Waals surface area contributed by atoms with Crippen molar-refractivity contribution in [1.29, 1.82) is 0 Å². The van der Waals surface area contributed by atoms with Gasteiger partial charge < -0.3 is 14.4 Å². The maximum Gasteiger partial charge on any atom is 0.416 e. The van der Waals surface area contributed by atoms with Crippen LogP contribution in [0.15, 0.2) is 53.3 Å². The molecule has 6 nitrogen and oxygen atoms in total. The maximum atomic E-state index is 14.5. The van der Waals surface area contributed by atoms with Crippen LogP contribution in [-0.2, 0) is 19.3 Å². The summed E-state index contributed by atoms with van der Waals surface area (Å²) >= 11 is 0. The van der Waals surface area contributed by atoms with Crippen molar-refractivity contribution in [3.05, 3.63) is 76.0 Å². The van der Waals surface area contributed by atoms with Gasteiger partial charge in [-0.15, -0.1) is 0 Å². The van der Waals surface area contributed by atoms with E-state index in [0.717, 1.165) is 24.6 Å². The van der Waals surface area contributed by atoms with Crippen molar-refractivity contribution in [2.24, 2.45) is 0 Å². The zero-order chi connectivity index (χ0) is 23.8. The lowest BCUT2D eigenvalue weighted by Gasteiger charge is -2.34. The van der Waals surface area contributed by atoms with Gasteiger partial charge in [0.25, 0.3) is 0 Å². The van der Waals surface area contributed by atoms with Crippen LogP contribution in [0, 0.1) is 5.82 Å². The second-order valence-corrected chi connectivity index (χ2v) is 7.82. The minimum absolute atomic E-state index is 0.0596. The highest BCUT2D eigenvalue weighted by atomic mass is 19.4. The first-order valence-electron chi connectivity index (χ1n) is 10.2. The molecule has 0 saturated carbocycles. The molecule has 0 fully saturated rings. The van der Waals surface area contributed by atoms with E-state index in [1.54, 1.807) is 10.6 Å². The second-order valence-electron chi connectivity index (χ2n) is 7.82. The zero-order valence-corrected chi connectivity index (χ0v) is 17.9. The number of ether oxygens (including phenoxy) is 2. The summed E-state index contributed by atoms with van der Waals surface area (Å²) in [4.78, 5) is 18.2. The predicted molar refractivity (Wildman–Crippen MR) is 113 cm³/mol. The highest BCUT2D eigenvalue weighted by molar-refractivity contribution is 5.44. The van der Waals surface area contributed by atoms with E-state index < -0.39 is 23.2 Å². The molecular weight excluding hydrogens is 442 g/mol. The average molecular weight is 463 g/mol. The quantitative estimate of drug-likeness (QED) is 0.499. The molecule has 0 N–H and O–H groups in total. The maximum absolute atomic E-state index is 14.5. The molecular formula is C23H21F4N3O3. The normalized spacial score (nSPS) is 15.8. The van der Waals surface area contributed by atoms with E-state index in [1.807, 2.05) is 11.9 Å². The molecule has 4 rings (SSSR count). The standard InChI is InChI=1S/C23H21F4N3O3/c1-14-8-9-30-21(29(14)2)12-20(28-22(30)31)32-13-15-6-7-19(18(24)10-15)33-17-5-3-4-16(11-17)23(25,26)27/h3-7,10-12,14H,8-9,13H2,1-2H3/t14-/m1/s1. The fraction of sp³-hybridized carbons (Fsp3) is 0.304. The fourth-order valence-corrected chi connectivity index (χ4v) is 3.52. The Kier molecular flexibility index (Phi) is 6.01. The number of anilines is 1. The Morgan fingerprint density at radius 1 is 1.15 bits per heavy atom. The number of alkyl halides is 3. The van der Waals surface area contributed by atoms with Crippen molar-refractivity contribution in [2.45, 2.75) is 38.7 Å². The molecule has 1 aliphatic heterocycles. The largest absolute Gasteiger partial charge is 0.473 e. The molecule has 1 aromatic heterocycles. The first-order valence-corrected chi connectivity index (χ1v) is 10.2. The smallest absolute Gasteiger partial charge is 0.416 e. The van der Waals surface area contributed by atoms with Gasteiger partial charge in [0.15, 0.2) is 11.6 Å². The van der Waals surface area contributed by atoms with Gasteiger partial charge in [0.1, 0.15) is 18.2 Å². The molecule has 2 aromatic carbocycles. The Balaban J connectivity index is 1.47. The summed E-state index contributed by atoms with van der Waals surface area (Å²) in [5.41, 5.74) is -0.874. The Bertz CT molecular complexity index is 1230. The molecule has 0 unspecified atom stereocenters. The molecule has 0 aliphatic carbocycles. The van der Waals surface area contributed by atoms with Gasteiger partial charge in [-0.2, -0.15) is 18.2 Å². The van der Waals surface area contributed by atoms with Crippen molar-refractivity contribution >= 4 is 5.82 Å². The highest BCUT2D eigenvalue weighted by Crippen LogP contribution is 2.33. The number of fused-ring (bicyclic) bond motifs is 1. The van der Waals surface area contributed by atoms with Crippen LogP contribution < -0.4 is 20.1 Å². The Morgan fingerprint density at radius 2 is 1.94 bits per heavy atom. The lowest BCUT2D eigenvalue weighted by atomic mass is 10.1. The van der Waals surface area contributed by atoms with E-state index in [2.05, 4.69) is 11.9 Å². The molecule has 0 bridgehead atoms. The first-order chi connectivity index (χ1) is 15.6. The number of hydrogen-bond acceptors (Lipinski definition) is 5.